The van der Waals surface area contributed by atoms with Crippen LogP contribution in [0.1, 0.15) is 316 Å². The number of hydrogen-bond donors (Lipinski definition) is 0. The highest BCUT2D eigenvalue weighted by molar-refractivity contribution is 5.71. The molecule has 0 spiro atoms. The van der Waals surface area contributed by atoms with Crippen LogP contribution >= 0.6 is 0 Å². The average Bonchev–Trinajstić information content (AvgIpc) is 3.47. The fourth-order valence-corrected chi connectivity index (χ4v) is 9.44. The molecule has 0 aromatic carbocycles. The fourth-order valence-electron chi connectivity index (χ4n) is 9.44. The fraction of sp³-hybridized carbons (Fsp3) is 0.693. The van der Waals surface area contributed by atoms with Gasteiger partial charge in [-0.05, 0) is 109 Å². The van der Waals surface area contributed by atoms with Crippen molar-refractivity contribution in [2.75, 3.05) is 13.2 Å². The third kappa shape index (κ3) is 66.5. The van der Waals surface area contributed by atoms with E-state index in [0.29, 0.717) is 12.8 Å². The summed E-state index contributed by atoms with van der Waals surface area (Å²) < 4.78 is 16.9. The van der Waals surface area contributed by atoms with Crippen molar-refractivity contribution in [2.45, 2.75) is 322 Å². The first-order chi connectivity index (χ1) is 40.0. The van der Waals surface area contributed by atoms with Gasteiger partial charge in [0.05, 0.1) is 0 Å². The highest BCUT2D eigenvalue weighted by Crippen LogP contribution is 2.17. The number of allylic oxidation sites excluding steroid dienone is 20. The minimum atomic E-state index is -0.795. The molecule has 0 aliphatic heterocycles. The lowest BCUT2D eigenvalue weighted by atomic mass is 10.0. The molecule has 0 fully saturated rings. The lowest BCUT2D eigenvalue weighted by Gasteiger charge is -2.18. The molecule has 0 aromatic rings. The molecule has 1 atom stereocenters. The van der Waals surface area contributed by atoms with Gasteiger partial charge in [0.1, 0.15) is 13.2 Å². The van der Waals surface area contributed by atoms with Crippen molar-refractivity contribution in [1.29, 1.82) is 0 Å². The summed E-state index contributed by atoms with van der Waals surface area (Å²) in [5, 5.41) is 0. The Hall–Kier alpha value is -4.19. The van der Waals surface area contributed by atoms with Gasteiger partial charge in [0.2, 0.25) is 0 Å². The van der Waals surface area contributed by atoms with Crippen molar-refractivity contribution >= 4 is 17.9 Å². The molecule has 0 bridgehead atoms. The predicted molar refractivity (Wildman–Crippen MR) is 353 cm³/mol. The highest BCUT2D eigenvalue weighted by atomic mass is 16.6. The monoisotopic (exact) mass is 1120 g/mol. The maximum atomic E-state index is 12.9. The normalized spacial score (nSPS) is 12.9. The van der Waals surface area contributed by atoms with E-state index in [-0.39, 0.29) is 37.5 Å². The van der Waals surface area contributed by atoms with E-state index >= 15 is 0 Å². The molecule has 0 N–H and O–H groups in total. The maximum Gasteiger partial charge on any atom is 0.306 e. The molecule has 81 heavy (non-hydrogen) atoms. The summed E-state index contributed by atoms with van der Waals surface area (Å²) in [6, 6.07) is 0. The van der Waals surface area contributed by atoms with Crippen LogP contribution < -0.4 is 0 Å². The second-order valence-electron chi connectivity index (χ2n) is 22.3. The van der Waals surface area contributed by atoms with E-state index in [0.717, 1.165) is 128 Å². The first kappa shape index (κ1) is 76.8. The second-order valence-corrected chi connectivity index (χ2v) is 22.3. The summed E-state index contributed by atoms with van der Waals surface area (Å²) in [6.45, 7) is 6.40. The minimum Gasteiger partial charge on any atom is -0.462 e. The van der Waals surface area contributed by atoms with Crippen molar-refractivity contribution in [3.05, 3.63) is 122 Å². The number of carbonyl (C=O) groups excluding carboxylic acids is 3. The van der Waals surface area contributed by atoms with Crippen LogP contribution in [0.15, 0.2) is 122 Å². The topological polar surface area (TPSA) is 78.9 Å². The van der Waals surface area contributed by atoms with Crippen LogP contribution in [0.5, 0.6) is 0 Å². The Morgan fingerprint density at radius 1 is 0.259 bits per heavy atom. The van der Waals surface area contributed by atoms with Gasteiger partial charge in [-0.25, -0.2) is 0 Å². The van der Waals surface area contributed by atoms with E-state index in [2.05, 4.69) is 142 Å². The third-order valence-corrected chi connectivity index (χ3v) is 14.5. The molecule has 0 amide bonds. The van der Waals surface area contributed by atoms with E-state index in [1.807, 2.05) is 0 Å². The van der Waals surface area contributed by atoms with Gasteiger partial charge in [-0.15, -0.1) is 0 Å². The number of unbranched alkanes of at least 4 members (excludes halogenated alkanes) is 30. The zero-order chi connectivity index (χ0) is 58.5. The molecule has 462 valence electrons. The van der Waals surface area contributed by atoms with Gasteiger partial charge in [-0.2, -0.15) is 0 Å². The number of ether oxygens (including phenoxy) is 3. The smallest absolute Gasteiger partial charge is 0.306 e. The Bertz CT molecular complexity index is 1670. The Morgan fingerprint density at radius 3 is 0.765 bits per heavy atom. The largest absolute Gasteiger partial charge is 0.462 e. The van der Waals surface area contributed by atoms with Gasteiger partial charge >= 0.3 is 17.9 Å². The third-order valence-electron chi connectivity index (χ3n) is 14.5. The Balaban J connectivity index is 4.20. The van der Waals surface area contributed by atoms with Crippen molar-refractivity contribution in [1.82, 2.24) is 0 Å². The van der Waals surface area contributed by atoms with Gasteiger partial charge in [0, 0.05) is 19.3 Å². The van der Waals surface area contributed by atoms with Gasteiger partial charge in [0.15, 0.2) is 6.10 Å². The lowest BCUT2D eigenvalue weighted by molar-refractivity contribution is -0.167. The summed E-state index contributed by atoms with van der Waals surface area (Å²) in [4.78, 5) is 38.3. The van der Waals surface area contributed by atoms with E-state index in [4.69, 9.17) is 14.2 Å². The highest BCUT2D eigenvalue weighted by Gasteiger charge is 2.19. The summed E-state index contributed by atoms with van der Waals surface area (Å²) in [5.74, 6) is -0.912. The molecule has 0 saturated carbocycles. The van der Waals surface area contributed by atoms with Crippen LogP contribution in [0.2, 0.25) is 0 Å². The first-order valence-electron chi connectivity index (χ1n) is 34.0. The molecular weight excluding hydrogens is 997 g/mol. The molecule has 6 heteroatoms. The lowest BCUT2D eigenvalue weighted by Crippen LogP contribution is -2.30. The van der Waals surface area contributed by atoms with Gasteiger partial charge < -0.3 is 14.2 Å². The van der Waals surface area contributed by atoms with Crippen molar-refractivity contribution < 1.29 is 28.6 Å². The molecule has 0 radical (unpaired) electrons. The predicted octanol–water partition coefficient (Wildman–Crippen LogP) is 23.6. The average molecular weight is 1120 g/mol. The number of esters is 3. The van der Waals surface area contributed by atoms with Crippen molar-refractivity contribution in [2.24, 2.45) is 0 Å². The van der Waals surface area contributed by atoms with Crippen LogP contribution in [0.25, 0.3) is 0 Å². The Kier molecular flexibility index (Phi) is 64.8. The molecule has 0 saturated heterocycles. The van der Waals surface area contributed by atoms with Gasteiger partial charge in [0.25, 0.3) is 0 Å². The van der Waals surface area contributed by atoms with Crippen LogP contribution in [0, 0.1) is 0 Å². The number of rotatable bonds is 61. The molecule has 0 aliphatic carbocycles. The standard InChI is InChI=1S/C75H126O6/c1-4-7-10-13-16-19-22-24-26-28-30-31-32-33-34-35-36-37-38-39-40-41-42-43-45-46-48-50-53-56-59-62-65-68-74(77)80-71-72(70-79-73(76)67-64-61-58-55-52-21-18-15-12-9-6-3)81-75(78)69-66-63-60-57-54-51-49-47-44-29-27-25-23-20-17-14-11-8-5-2/h7-8,10-11,16-17,19-20,24-27,30-31,33-34,44,47,51,54,72H,4-6,9,12-15,18,21-23,28-29,32,35-43,45-46,48-50,52-53,55-71H2,1-3H3/b10-7-,11-8-,19-16-,20-17-,26-24-,27-25-,31-30-,34-33-,47-44-,54-51-. The second kappa shape index (κ2) is 68.3. The Labute approximate surface area is 501 Å². The molecule has 0 rings (SSSR count). The SMILES string of the molecule is CC/C=C\C/C=C\C/C=C\C/C=C\C/C=C\CCCCCCCCCCCCCCCCCCCC(=O)OCC(COC(=O)CCCCCCCCCCCCC)OC(=O)CCCCC/C=C\C/C=C\C/C=C\C/C=C\C/C=C\CC. The molecular formula is C75H126O6. The zero-order valence-corrected chi connectivity index (χ0v) is 53.0. The number of carbonyl (C=O) groups is 3. The number of hydrogen-bond acceptors (Lipinski definition) is 6. The van der Waals surface area contributed by atoms with Crippen LogP contribution in [0.3, 0.4) is 0 Å². The van der Waals surface area contributed by atoms with Gasteiger partial charge in [-0.1, -0.05) is 309 Å². The van der Waals surface area contributed by atoms with E-state index in [1.165, 1.54) is 148 Å². The zero-order valence-electron chi connectivity index (χ0n) is 53.0. The maximum absolute atomic E-state index is 12.9. The summed E-state index contributed by atoms with van der Waals surface area (Å²) in [7, 11) is 0. The molecule has 1 unspecified atom stereocenters. The van der Waals surface area contributed by atoms with E-state index in [9.17, 15) is 14.4 Å². The molecule has 0 aliphatic rings. The molecule has 0 heterocycles. The van der Waals surface area contributed by atoms with Crippen molar-refractivity contribution in [3.8, 4) is 0 Å². The van der Waals surface area contributed by atoms with Gasteiger partial charge in [-0.3, -0.25) is 14.4 Å². The summed E-state index contributed by atoms with van der Waals surface area (Å²) in [6.07, 6.45) is 95.2. The summed E-state index contributed by atoms with van der Waals surface area (Å²) in [5.41, 5.74) is 0. The van der Waals surface area contributed by atoms with Crippen molar-refractivity contribution in [3.63, 3.8) is 0 Å². The summed E-state index contributed by atoms with van der Waals surface area (Å²) >= 11 is 0. The quantitative estimate of drug-likeness (QED) is 0.0261. The minimum absolute atomic E-state index is 0.0890. The molecule has 6 nitrogen and oxygen atoms in total. The first-order valence-corrected chi connectivity index (χ1v) is 34.0. The van der Waals surface area contributed by atoms with E-state index < -0.39 is 6.10 Å². The Morgan fingerprint density at radius 2 is 0.481 bits per heavy atom. The van der Waals surface area contributed by atoms with E-state index in [1.54, 1.807) is 0 Å². The van der Waals surface area contributed by atoms with Crippen LogP contribution in [0.4, 0.5) is 0 Å². The molecule has 0 aromatic heterocycles. The van der Waals surface area contributed by atoms with Crippen LogP contribution in [-0.4, -0.2) is 37.2 Å². The van der Waals surface area contributed by atoms with Crippen LogP contribution in [-0.2, 0) is 28.6 Å².